The van der Waals surface area contributed by atoms with E-state index in [0.29, 0.717) is 23.3 Å². The summed E-state index contributed by atoms with van der Waals surface area (Å²) in [6.07, 6.45) is 7.28. The van der Waals surface area contributed by atoms with Gasteiger partial charge in [-0.15, -0.1) is 0 Å². The molecule has 0 heterocycles. The number of hydrogen-bond donors (Lipinski definition) is 0. The summed E-state index contributed by atoms with van der Waals surface area (Å²) in [5.74, 6) is 2.38. The highest BCUT2D eigenvalue weighted by Gasteiger charge is 2.42. The smallest absolute Gasteiger partial charge is 0.313 e. The van der Waals surface area contributed by atoms with E-state index in [-0.39, 0.29) is 12.2 Å². The van der Waals surface area contributed by atoms with Gasteiger partial charge in [0.2, 0.25) is 6.17 Å². The molecule has 0 saturated heterocycles. The van der Waals surface area contributed by atoms with Crippen LogP contribution in [0.25, 0.3) is 0 Å². The van der Waals surface area contributed by atoms with Crippen molar-refractivity contribution in [2.24, 2.45) is 11.8 Å². The Morgan fingerprint density at radius 2 is 1.34 bits per heavy atom. The predicted molar refractivity (Wildman–Crippen MR) is 136 cm³/mol. The number of alkyl halides is 3. The molecule has 2 aromatic carbocycles. The first-order chi connectivity index (χ1) is 16.9. The average molecular weight is 485 g/mol. The third-order valence-electron chi connectivity index (χ3n) is 8.13. The van der Waals surface area contributed by atoms with E-state index in [9.17, 15) is 13.2 Å². The Hall–Kier alpha value is -2.07. The van der Waals surface area contributed by atoms with Gasteiger partial charge in [0.05, 0.1) is 6.61 Å². The Labute approximate surface area is 208 Å². The van der Waals surface area contributed by atoms with Crippen LogP contribution in [0, 0.1) is 11.8 Å². The third-order valence-corrected chi connectivity index (χ3v) is 8.13. The van der Waals surface area contributed by atoms with Gasteiger partial charge in [-0.05, 0) is 91.4 Å². The molecule has 0 spiro atoms. The van der Waals surface area contributed by atoms with Gasteiger partial charge in [-0.2, -0.15) is 8.78 Å². The largest absolute Gasteiger partial charge is 0.391 e. The van der Waals surface area contributed by atoms with Crippen LogP contribution < -0.4 is 0 Å². The molecule has 2 aliphatic carbocycles. The van der Waals surface area contributed by atoms with Crippen molar-refractivity contribution in [3.05, 3.63) is 82.9 Å². The maximum Gasteiger partial charge on any atom is 0.391 e. The number of halogens is 3. The molecule has 0 aliphatic heterocycles. The average Bonchev–Trinajstić information content (AvgIpc) is 2.89. The molecule has 2 aliphatic rings. The van der Waals surface area contributed by atoms with Gasteiger partial charge in [0, 0.05) is 0 Å². The molecule has 4 heteroatoms. The second kappa shape index (κ2) is 11.8. The van der Waals surface area contributed by atoms with E-state index >= 15 is 0 Å². The van der Waals surface area contributed by atoms with Crippen LogP contribution in [-0.2, 0) is 11.3 Å². The second-order valence-electron chi connectivity index (χ2n) is 10.7. The molecule has 0 radical (unpaired) electrons. The number of hydrogen-bond acceptors (Lipinski definition) is 1. The summed E-state index contributed by atoms with van der Waals surface area (Å²) >= 11 is 0. The van der Waals surface area contributed by atoms with Crippen LogP contribution in [0.1, 0.15) is 105 Å². The van der Waals surface area contributed by atoms with Crippen molar-refractivity contribution in [3.63, 3.8) is 0 Å². The van der Waals surface area contributed by atoms with E-state index in [2.05, 4.69) is 26.0 Å². The molecule has 2 saturated carbocycles. The van der Waals surface area contributed by atoms with Gasteiger partial charge in [-0.3, -0.25) is 0 Å². The van der Waals surface area contributed by atoms with Crippen LogP contribution in [0.15, 0.2) is 60.7 Å². The summed E-state index contributed by atoms with van der Waals surface area (Å²) in [6.45, 7) is 4.01. The zero-order chi connectivity index (χ0) is 24.8. The van der Waals surface area contributed by atoms with E-state index in [1.54, 1.807) is 0 Å². The number of allylic oxidation sites excluding steroid dienone is 2. The molecule has 2 aromatic rings. The normalized spacial score (nSPS) is 26.7. The number of ether oxygens (including phenoxy) is 1. The van der Waals surface area contributed by atoms with Crippen molar-refractivity contribution in [1.29, 1.82) is 0 Å². The van der Waals surface area contributed by atoms with Crippen molar-refractivity contribution in [1.82, 2.24) is 0 Å². The van der Waals surface area contributed by atoms with E-state index < -0.39 is 12.3 Å². The predicted octanol–water partition coefficient (Wildman–Crippen LogP) is 9.65. The first-order valence-corrected chi connectivity index (χ1v) is 13.3. The molecule has 4 rings (SSSR count). The van der Waals surface area contributed by atoms with Crippen molar-refractivity contribution in [2.75, 3.05) is 0 Å². The van der Waals surface area contributed by atoms with Crippen LogP contribution in [0.3, 0.4) is 0 Å². The van der Waals surface area contributed by atoms with E-state index in [0.717, 1.165) is 37.2 Å². The third kappa shape index (κ3) is 6.78. The number of benzene rings is 2. The molecule has 35 heavy (non-hydrogen) atoms. The van der Waals surface area contributed by atoms with Crippen LogP contribution >= 0.6 is 0 Å². The van der Waals surface area contributed by atoms with Gasteiger partial charge in [-0.25, -0.2) is 4.39 Å². The summed E-state index contributed by atoms with van der Waals surface area (Å²) in [5.41, 5.74) is 2.96. The molecule has 1 unspecified atom stereocenters. The quantitative estimate of drug-likeness (QED) is 0.339. The summed E-state index contributed by atoms with van der Waals surface area (Å²) < 4.78 is 48.7. The lowest BCUT2D eigenvalue weighted by atomic mass is 9.78. The highest BCUT2D eigenvalue weighted by atomic mass is 19.3. The molecule has 0 bridgehead atoms. The Balaban J connectivity index is 1.29. The first kappa shape index (κ1) is 26.0. The molecule has 1 nitrogen and oxygen atoms in total. The Kier molecular flexibility index (Phi) is 8.75. The van der Waals surface area contributed by atoms with Gasteiger partial charge in [0.25, 0.3) is 0 Å². The van der Waals surface area contributed by atoms with Gasteiger partial charge >= 0.3 is 6.11 Å². The molecule has 0 N–H and O–H groups in total. The summed E-state index contributed by atoms with van der Waals surface area (Å²) in [7, 11) is 0. The summed E-state index contributed by atoms with van der Waals surface area (Å²) in [6, 6.07) is 14.3. The fourth-order valence-corrected chi connectivity index (χ4v) is 5.78. The van der Waals surface area contributed by atoms with Crippen LogP contribution in [0.5, 0.6) is 0 Å². The molecular formula is C31H39F3O. The van der Waals surface area contributed by atoms with Crippen molar-refractivity contribution in [2.45, 2.75) is 95.9 Å². The molecule has 1 atom stereocenters. The molecular weight excluding hydrogens is 445 g/mol. The molecule has 2 fully saturated rings. The Morgan fingerprint density at radius 1 is 0.829 bits per heavy atom. The maximum atomic E-state index is 14.8. The standard InChI is InChI=1S/C31H39F3O/c1-3-4-23-7-13-26(14-8-23)27-15-9-24(10-16-27)21-35-31(33,34)30(32)29-19-17-28(18-20-29)25-11-5-22(2)6-12-25/h3-4,9-10,15-20,22-23,25-26,30H,5-8,11-14,21H2,1-2H3/b4-3+. The van der Waals surface area contributed by atoms with Gasteiger partial charge in [0.1, 0.15) is 0 Å². The van der Waals surface area contributed by atoms with Crippen molar-refractivity contribution in [3.8, 4) is 0 Å². The van der Waals surface area contributed by atoms with Crippen LogP contribution in [-0.4, -0.2) is 6.11 Å². The SMILES string of the molecule is C/C=C/C1CCC(c2ccc(COC(F)(F)C(F)c3ccc(C4CCC(C)CC4)cc3)cc2)CC1. The van der Waals surface area contributed by atoms with Gasteiger partial charge < -0.3 is 4.74 Å². The fourth-order valence-electron chi connectivity index (χ4n) is 5.78. The summed E-state index contributed by atoms with van der Waals surface area (Å²) in [4.78, 5) is 0. The zero-order valence-corrected chi connectivity index (χ0v) is 21.1. The molecule has 0 aromatic heterocycles. The lowest BCUT2D eigenvalue weighted by Crippen LogP contribution is -2.27. The summed E-state index contributed by atoms with van der Waals surface area (Å²) in [5, 5.41) is 0. The minimum absolute atomic E-state index is 0.0354. The van der Waals surface area contributed by atoms with Gasteiger partial charge in [0.15, 0.2) is 0 Å². The lowest BCUT2D eigenvalue weighted by Gasteiger charge is -2.27. The highest BCUT2D eigenvalue weighted by molar-refractivity contribution is 5.28. The Morgan fingerprint density at radius 3 is 1.89 bits per heavy atom. The van der Waals surface area contributed by atoms with Crippen LogP contribution in [0.4, 0.5) is 13.2 Å². The number of rotatable bonds is 8. The Bertz CT molecular complexity index is 934. The maximum absolute atomic E-state index is 14.8. The van der Waals surface area contributed by atoms with Gasteiger partial charge in [-0.1, -0.05) is 80.4 Å². The topological polar surface area (TPSA) is 9.23 Å². The molecule has 0 amide bonds. The van der Waals surface area contributed by atoms with Crippen molar-refractivity contribution < 1.29 is 17.9 Å². The van der Waals surface area contributed by atoms with E-state index in [1.165, 1.54) is 43.4 Å². The lowest BCUT2D eigenvalue weighted by molar-refractivity contribution is -0.282. The van der Waals surface area contributed by atoms with E-state index in [1.807, 2.05) is 36.4 Å². The van der Waals surface area contributed by atoms with E-state index in [4.69, 9.17) is 4.74 Å². The second-order valence-corrected chi connectivity index (χ2v) is 10.7. The van der Waals surface area contributed by atoms with Crippen molar-refractivity contribution >= 4 is 0 Å². The monoisotopic (exact) mass is 484 g/mol. The first-order valence-electron chi connectivity index (χ1n) is 13.3. The molecule has 190 valence electrons. The minimum atomic E-state index is -3.88. The minimum Gasteiger partial charge on any atom is -0.313 e. The highest BCUT2D eigenvalue weighted by Crippen LogP contribution is 2.40. The fraction of sp³-hybridized carbons (Fsp3) is 0.548. The zero-order valence-electron chi connectivity index (χ0n) is 21.1. The van der Waals surface area contributed by atoms with Crippen LogP contribution in [0.2, 0.25) is 0 Å².